The summed E-state index contributed by atoms with van der Waals surface area (Å²) in [6, 6.07) is 6.88. The zero-order valence-corrected chi connectivity index (χ0v) is 17.1. The number of amides is 1. The molecule has 2 heterocycles. The van der Waals surface area contributed by atoms with Crippen LogP contribution in [0.4, 0.5) is 5.69 Å². The number of carbonyl (C=O) groups is 2. The fourth-order valence-electron chi connectivity index (χ4n) is 2.72. The average Bonchev–Trinajstić information content (AvgIpc) is 3.27. The molecule has 0 saturated carbocycles. The lowest BCUT2D eigenvalue weighted by atomic mass is 10.2. The highest BCUT2D eigenvalue weighted by Gasteiger charge is 2.23. The molecule has 2 aromatic heterocycles. The molecule has 1 N–H and O–H groups in total. The van der Waals surface area contributed by atoms with E-state index in [-0.39, 0.29) is 23.8 Å². The number of esters is 1. The largest absolute Gasteiger partial charge is 0.471 e. The van der Waals surface area contributed by atoms with Crippen LogP contribution in [0.15, 0.2) is 30.5 Å². The predicted molar refractivity (Wildman–Crippen MR) is 106 cm³/mol. The van der Waals surface area contributed by atoms with Gasteiger partial charge in [0.05, 0.1) is 18.5 Å². The molecule has 1 aromatic carbocycles. The molecule has 0 radical (unpaired) electrons. The normalized spacial score (nSPS) is 10.7. The van der Waals surface area contributed by atoms with Crippen LogP contribution in [-0.4, -0.2) is 38.5 Å². The molecule has 0 aliphatic rings. The number of aryl methyl sites for hydroxylation is 3. The molecule has 0 fully saturated rings. The Kier molecular flexibility index (Phi) is 5.88. The Hall–Kier alpha value is -3.33. The van der Waals surface area contributed by atoms with Crippen molar-refractivity contribution >= 4 is 29.2 Å². The summed E-state index contributed by atoms with van der Waals surface area (Å²) in [4.78, 5) is 24.6. The summed E-state index contributed by atoms with van der Waals surface area (Å²) < 4.78 is 13.3. The van der Waals surface area contributed by atoms with Crippen molar-refractivity contribution in [3.05, 3.63) is 58.1 Å². The Bertz CT molecular complexity index is 1070. The molecule has 9 nitrogen and oxygen atoms in total. The third-order valence-electron chi connectivity index (χ3n) is 4.21. The number of carbonyl (C=O) groups excluding carboxylic acids is 2. The zero-order valence-electron chi connectivity index (χ0n) is 16.4. The molecule has 1 amide bonds. The summed E-state index contributed by atoms with van der Waals surface area (Å²) in [7, 11) is 2.86. The standard InChI is InChI=1S/C19H20ClN5O4/c1-11-9-13(5-6-14(11)20)29-10-25-8-7-15(23-25)18(26)21-16-12(2)22-24(3)17(16)19(27)28-4/h5-9H,10H2,1-4H3,(H,21,26). The molecule has 0 aliphatic carbocycles. The van der Waals surface area contributed by atoms with Crippen molar-refractivity contribution in [3.63, 3.8) is 0 Å². The first kappa shape index (κ1) is 20.4. The molecular formula is C19H20ClN5O4. The first-order valence-electron chi connectivity index (χ1n) is 8.65. The van der Waals surface area contributed by atoms with Crippen LogP contribution in [0.2, 0.25) is 5.02 Å². The highest BCUT2D eigenvalue weighted by molar-refractivity contribution is 6.31. The van der Waals surface area contributed by atoms with Crippen LogP contribution in [0.5, 0.6) is 5.75 Å². The molecule has 0 bridgehead atoms. The summed E-state index contributed by atoms with van der Waals surface area (Å²) >= 11 is 6.00. The van der Waals surface area contributed by atoms with Gasteiger partial charge < -0.3 is 14.8 Å². The van der Waals surface area contributed by atoms with Crippen molar-refractivity contribution < 1.29 is 19.1 Å². The number of anilines is 1. The topological polar surface area (TPSA) is 100 Å². The maximum Gasteiger partial charge on any atom is 0.358 e. The maximum absolute atomic E-state index is 12.6. The van der Waals surface area contributed by atoms with E-state index in [1.807, 2.05) is 13.0 Å². The van der Waals surface area contributed by atoms with Gasteiger partial charge in [-0.2, -0.15) is 10.2 Å². The van der Waals surface area contributed by atoms with Crippen LogP contribution >= 0.6 is 11.6 Å². The molecule has 10 heteroatoms. The second kappa shape index (κ2) is 8.36. The number of methoxy groups -OCH3 is 1. The minimum absolute atomic E-state index is 0.119. The van der Waals surface area contributed by atoms with Gasteiger partial charge in [0.15, 0.2) is 18.1 Å². The predicted octanol–water partition coefficient (Wildman–Crippen LogP) is 2.96. The second-order valence-corrected chi connectivity index (χ2v) is 6.71. The molecular weight excluding hydrogens is 398 g/mol. The minimum Gasteiger partial charge on any atom is -0.471 e. The molecule has 0 saturated heterocycles. The number of nitrogens with zero attached hydrogens (tertiary/aromatic N) is 4. The van der Waals surface area contributed by atoms with Crippen LogP contribution in [0.25, 0.3) is 0 Å². The van der Waals surface area contributed by atoms with Gasteiger partial charge >= 0.3 is 5.97 Å². The van der Waals surface area contributed by atoms with Crippen LogP contribution in [0.1, 0.15) is 32.2 Å². The highest BCUT2D eigenvalue weighted by atomic mass is 35.5. The quantitative estimate of drug-likeness (QED) is 0.619. The monoisotopic (exact) mass is 417 g/mol. The number of benzene rings is 1. The molecule has 152 valence electrons. The number of aromatic nitrogens is 4. The number of rotatable bonds is 6. The lowest BCUT2D eigenvalue weighted by Crippen LogP contribution is -2.18. The van der Waals surface area contributed by atoms with Crippen molar-refractivity contribution in [2.24, 2.45) is 7.05 Å². The Morgan fingerprint density at radius 3 is 2.66 bits per heavy atom. The van der Waals surface area contributed by atoms with Gasteiger partial charge in [-0.1, -0.05) is 11.6 Å². The molecule has 3 rings (SSSR count). The smallest absolute Gasteiger partial charge is 0.358 e. The molecule has 0 atom stereocenters. The Morgan fingerprint density at radius 1 is 1.21 bits per heavy atom. The van der Waals surface area contributed by atoms with Gasteiger partial charge in [-0.05, 0) is 43.7 Å². The fraction of sp³-hybridized carbons (Fsp3) is 0.263. The van der Waals surface area contributed by atoms with E-state index in [0.29, 0.717) is 16.5 Å². The number of ether oxygens (including phenoxy) is 2. The zero-order chi connectivity index (χ0) is 21.1. The molecule has 0 aliphatic heterocycles. The number of halogens is 1. The van der Waals surface area contributed by atoms with Gasteiger partial charge in [0.25, 0.3) is 5.91 Å². The summed E-state index contributed by atoms with van der Waals surface area (Å²) in [5, 5.41) is 11.7. The van der Waals surface area contributed by atoms with Gasteiger partial charge in [0.1, 0.15) is 5.75 Å². The van der Waals surface area contributed by atoms with Gasteiger partial charge in [0.2, 0.25) is 0 Å². The third-order valence-corrected chi connectivity index (χ3v) is 4.63. The van der Waals surface area contributed by atoms with Crippen molar-refractivity contribution in [3.8, 4) is 5.75 Å². The molecule has 3 aromatic rings. The van der Waals surface area contributed by atoms with Crippen molar-refractivity contribution in [1.82, 2.24) is 19.6 Å². The van der Waals surface area contributed by atoms with Gasteiger partial charge in [-0.25, -0.2) is 9.48 Å². The fourth-order valence-corrected chi connectivity index (χ4v) is 2.84. The van der Waals surface area contributed by atoms with Crippen LogP contribution in [0.3, 0.4) is 0 Å². The van der Waals surface area contributed by atoms with E-state index in [0.717, 1.165) is 5.56 Å². The Balaban J connectivity index is 1.70. The first-order valence-corrected chi connectivity index (χ1v) is 9.03. The van der Waals surface area contributed by atoms with Crippen molar-refractivity contribution in [1.29, 1.82) is 0 Å². The van der Waals surface area contributed by atoms with E-state index in [9.17, 15) is 9.59 Å². The maximum atomic E-state index is 12.6. The van der Waals surface area contributed by atoms with E-state index in [1.165, 1.54) is 16.5 Å². The summed E-state index contributed by atoms with van der Waals surface area (Å²) in [6.45, 7) is 3.69. The number of nitrogens with one attached hydrogen (secondary N) is 1. The summed E-state index contributed by atoms with van der Waals surface area (Å²) in [5.74, 6) is -0.435. The Morgan fingerprint density at radius 2 is 1.97 bits per heavy atom. The van der Waals surface area contributed by atoms with E-state index < -0.39 is 11.9 Å². The molecule has 29 heavy (non-hydrogen) atoms. The van der Waals surface area contributed by atoms with Crippen LogP contribution in [-0.2, 0) is 18.5 Å². The number of hydrogen-bond donors (Lipinski definition) is 1. The van der Waals surface area contributed by atoms with Crippen molar-refractivity contribution in [2.45, 2.75) is 20.6 Å². The highest BCUT2D eigenvalue weighted by Crippen LogP contribution is 2.22. The second-order valence-electron chi connectivity index (χ2n) is 6.30. The lowest BCUT2D eigenvalue weighted by Gasteiger charge is -2.08. The molecule has 0 spiro atoms. The molecule has 0 unspecified atom stereocenters. The van der Waals surface area contributed by atoms with E-state index >= 15 is 0 Å². The SMILES string of the molecule is COC(=O)c1c(NC(=O)c2ccn(COc3ccc(Cl)c(C)c3)n2)c(C)nn1C. The Labute approximate surface area is 172 Å². The van der Waals surface area contributed by atoms with E-state index in [1.54, 1.807) is 38.4 Å². The van der Waals surface area contributed by atoms with E-state index in [2.05, 4.69) is 15.5 Å². The van der Waals surface area contributed by atoms with Crippen molar-refractivity contribution in [2.75, 3.05) is 12.4 Å². The number of hydrogen-bond acceptors (Lipinski definition) is 6. The average molecular weight is 418 g/mol. The summed E-state index contributed by atoms with van der Waals surface area (Å²) in [6.07, 6.45) is 1.62. The first-order chi connectivity index (χ1) is 13.8. The summed E-state index contributed by atoms with van der Waals surface area (Å²) in [5.41, 5.74) is 1.99. The lowest BCUT2D eigenvalue weighted by molar-refractivity contribution is 0.0589. The van der Waals surface area contributed by atoms with Crippen LogP contribution in [0, 0.1) is 13.8 Å². The van der Waals surface area contributed by atoms with Gasteiger partial charge in [-0.15, -0.1) is 0 Å². The minimum atomic E-state index is -0.597. The van der Waals surface area contributed by atoms with Gasteiger partial charge in [0, 0.05) is 18.3 Å². The van der Waals surface area contributed by atoms with Gasteiger partial charge in [-0.3, -0.25) is 9.48 Å². The van der Waals surface area contributed by atoms with E-state index in [4.69, 9.17) is 21.1 Å². The van der Waals surface area contributed by atoms with Crippen LogP contribution < -0.4 is 10.1 Å². The third kappa shape index (κ3) is 4.40.